The number of piperazine rings is 1. The van der Waals surface area contributed by atoms with Crippen molar-refractivity contribution in [1.82, 2.24) is 19.5 Å². The average molecular weight is 586 g/mol. The summed E-state index contributed by atoms with van der Waals surface area (Å²) < 4.78 is 29.2. The summed E-state index contributed by atoms with van der Waals surface area (Å²) in [5.41, 5.74) is 4.07. The maximum Gasteiger partial charge on any atom is 0.251 e. The van der Waals surface area contributed by atoms with Crippen LogP contribution in [-0.4, -0.2) is 80.9 Å². The Morgan fingerprint density at radius 2 is 1.65 bits per heavy atom. The monoisotopic (exact) mass is 585 g/mol. The predicted octanol–water partition coefficient (Wildman–Crippen LogP) is 5.06. The van der Waals surface area contributed by atoms with E-state index in [1.165, 1.54) is 15.8 Å². The first-order chi connectivity index (χ1) is 19.2. The van der Waals surface area contributed by atoms with Gasteiger partial charge in [-0.25, -0.2) is 13.4 Å². The number of benzene rings is 2. The number of nitrogens with zero attached hydrogens (tertiary/aromatic N) is 4. The Balaban J connectivity index is 1.25. The Kier molecular flexibility index (Phi) is 10.6. The molecule has 1 aliphatic heterocycles. The fourth-order valence-electron chi connectivity index (χ4n) is 5.03. The van der Waals surface area contributed by atoms with E-state index in [4.69, 9.17) is 4.98 Å². The quantitative estimate of drug-likeness (QED) is 0.302. The summed E-state index contributed by atoms with van der Waals surface area (Å²) in [7, 11) is -3.57. The van der Waals surface area contributed by atoms with E-state index in [9.17, 15) is 13.2 Å². The molecule has 3 aromatic rings. The predicted molar refractivity (Wildman–Crippen MR) is 165 cm³/mol. The zero-order valence-electron chi connectivity index (χ0n) is 24.3. The number of hydrogen-bond donors (Lipinski definition) is 1. The highest BCUT2D eigenvalue weighted by Crippen LogP contribution is 2.32. The second kappa shape index (κ2) is 13.9. The van der Waals surface area contributed by atoms with E-state index in [-0.39, 0.29) is 10.8 Å². The van der Waals surface area contributed by atoms with Crippen molar-refractivity contribution in [3.8, 4) is 0 Å². The Morgan fingerprint density at radius 3 is 2.27 bits per heavy atom. The lowest BCUT2D eigenvalue weighted by molar-refractivity contribution is 0.0947. The van der Waals surface area contributed by atoms with Gasteiger partial charge in [0.05, 0.1) is 15.1 Å². The Labute approximate surface area is 243 Å². The zero-order chi connectivity index (χ0) is 28.7. The lowest BCUT2D eigenvalue weighted by atomic mass is 10.1. The van der Waals surface area contributed by atoms with E-state index in [2.05, 4.69) is 54.9 Å². The Hall–Kier alpha value is -2.53. The molecule has 0 atom stereocenters. The number of aromatic nitrogens is 1. The molecule has 0 bridgehead atoms. The molecule has 0 aliphatic carbocycles. The number of nitrogens with one attached hydrogen (secondary N) is 1. The van der Waals surface area contributed by atoms with Crippen molar-refractivity contribution in [2.75, 3.05) is 57.3 Å². The molecule has 10 heteroatoms. The lowest BCUT2D eigenvalue weighted by Crippen LogP contribution is -2.48. The van der Waals surface area contributed by atoms with Crippen molar-refractivity contribution in [2.24, 2.45) is 0 Å². The van der Waals surface area contributed by atoms with Gasteiger partial charge in [-0.2, -0.15) is 4.31 Å². The minimum absolute atomic E-state index is 0.184. The summed E-state index contributed by atoms with van der Waals surface area (Å²) in [4.78, 5) is 22.6. The number of carbonyl (C=O) groups excluding carboxylic acids is 1. The number of hydrogen-bond acceptors (Lipinski definition) is 7. The lowest BCUT2D eigenvalue weighted by Gasteiger charge is -2.34. The fraction of sp³-hybridized carbons (Fsp3) is 0.533. The number of thiazole rings is 1. The minimum atomic E-state index is -3.57. The highest BCUT2D eigenvalue weighted by Gasteiger charge is 2.24. The number of anilines is 1. The smallest absolute Gasteiger partial charge is 0.251 e. The van der Waals surface area contributed by atoms with Gasteiger partial charge in [-0.15, -0.1) is 0 Å². The third-order valence-corrected chi connectivity index (χ3v) is 10.4. The molecule has 218 valence electrons. The first kappa shape index (κ1) is 30.4. The molecule has 8 nitrogen and oxygen atoms in total. The van der Waals surface area contributed by atoms with Crippen LogP contribution in [0, 0.1) is 13.8 Å². The van der Waals surface area contributed by atoms with E-state index in [0.29, 0.717) is 25.2 Å². The van der Waals surface area contributed by atoms with Gasteiger partial charge in [0.2, 0.25) is 10.0 Å². The zero-order valence-corrected chi connectivity index (χ0v) is 25.9. The SMILES string of the molecule is CCCCN(CCCC)S(=O)(=O)c1ccc(C(=O)NCCN2CCN(c3nc4c(C)cc(C)cc4s3)CC2)cc1. The Bertz CT molecular complexity index is 1370. The first-order valence-corrected chi connectivity index (χ1v) is 16.7. The number of fused-ring (bicyclic) bond motifs is 1. The van der Waals surface area contributed by atoms with Crippen molar-refractivity contribution in [3.63, 3.8) is 0 Å². The van der Waals surface area contributed by atoms with Gasteiger partial charge >= 0.3 is 0 Å². The van der Waals surface area contributed by atoms with Crippen molar-refractivity contribution in [1.29, 1.82) is 0 Å². The van der Waals surface area contributed by atoms with Crippen molar-refractivity contribution in [2.45, 2.75) is 58.3 Å². The molecule has 0 unspecified atom stereocenters. The van der Waals surface area contributed by atoms with Crippen LogP contribution in [0.3, 0.4) is 0 Å². The molecule has 1 fully saturated rings. The van der Waals surface area contributed by atoms with Crippen molar-refractivity contribution >= 4 is 42.6 Å². The standard InChI is InChI=1S/C30H43N5O3S2/c1-5-7-14-35(15-8-6-2)40(37,38)26-11-9-25(10-12-26)29(36)31-13-16-33-17-19-34(20-18-33)30-32-28-24(4)21-23(3)22-27(28)39-30/h9-12,21-22H,5-8,13-20H2,1-4H3,(H,31,36). The molecular weight excluding hydrogens is 542 g/mol. The summed E-state index contributed by atoms with van der Waals surface area (Å²) in [6, 6.07) is 10.7. The molecule has 40 heavy (non-hydrogen) atoms. The molecule has 1 amide bonds. The van der Waals surface area contributed by atoms with E-state index in [0.717, 1.165) is 69.1 Å². The summed E-state index contributed by atoms with van der Waals surface area (Å²) in [6.07, 6.45) is 3.55. The number of unbranched alkanes of at least 4 members (excludes halogenated alkanes) is 2. The maximum atomic E-state index is 13.2. The van der Waals surface area contributed by atoms with Crippen LogP contribution in [0.4, 0.5) is 5.13 Å². The van der Waals surface area contributed by atoms with E-state index in [1.807, 2.05) is 0 Å². The molecule has 2 heterocycles. The molecule has 0 saturated carbocycles. The number of sulfonamides is 1. The number of amides is 1. The van der Waals surface area contributed by atoms with E-state index in [1.54, 1.807) is 39.9 Å². The molecular formula is C30H43N5O3S2. The normalized spacial score (nSPS) is 14.8. The molecule has 4 rings (SSSR count). The molecule has 0 radical (unpaired) electrons. The van der Waals surface area contributed by atoms with Crippen LogP contribution in [-0.2, 0) is 10.0 Å². The highest BCUT2D eigenvalue weighted by atomic mass is 32.2. The number of aryl methyl sites for hydroxylation is 2. The van der Waals surface area contributed by atoms with E-state index >= 15 is 0 Å². The third kappa shape index (κ3) is 7.40. The first-order valence-electron chi connectivity index (χ1n) is 14.5. The summed E-state index contributed by atoms with van der Waals surface area (Å²) in [5, 5.41) is 4.08. The molecule has 1 aromatic heterocycles. The van der Waals surface area contributed by atoms with Crippen LogP contribution in [0.5, 0.6) is 0 Å². The van der Waals surface area contributed by atoms with Gasteiger partial charge in [-0.1, -0.05) is 44.1 Å². The highest BCUT2D eigenvalue weighted by molar-refractivity contribution is 7.89. The number of rotatable bonds is 13. The summed E-state index contributed by atoms with van der Waals surface area (Å²) in [5.74, 6) is -0.184. The fourth-order valence-corrected chi connectivity index (χ4v) is 7.75. The maximum absolute atomic E-state index is 13.2. The molecule has 1 aliphatic rings. The number of carbonyl (C=O) groups is 1. The Morgan fingerprint density at radius 1 is 1.00 bits per heavy atom. The summed E-state index contributed by atoms with van der Waals surface area (Å²) >= 11 is 1.76. The van der Waals surface area contributed by atoms with E-state index < -0.39 is 10.0 Å². The average Bonchev–Trinajstić information content (AvgIpc) is 3.38. The molecule has 1 saturated heterocycles. The van der Waals surface area contributed by atoms with Gasteiger partial charge in [0.15, 0.2) is 5.13 Å². The van der Waals surface area contributed by atoms with Crippen LogP contribution in [0.2, 0.25) is 0 Å². The van der Waals surface area contributed by atoms with Crippen LogP contribution in [0.25, 0.3) is 10.2 Å². The van der Waals surface area contributed by atoms with Gasteiger partial charge in [0.1, 0.15) is 0 Å². The minimum Gasteiger partial charge on any atom is -0.351 e. The van der Waals surface area contributed by atoms with Crippen LogP contribution in [0.1, 0.15) is 61.0 Å². The van der Waals surface area contributed by atoms with Gasteiger partial charge in [0.25, 0.3) is 5.91 Å². The van der Waals surface area contributed by atoms with Crippen molar-refractivity contribution < 1.29 is 13.2 Å². The largest absolute Gasteiger partial charge is 0.351 e. The second-order valence-electron chi connectivity index (χ2n) is 10.6. The second-order valence-corrected chi connectivity index (χ2v) is 13.6. The summed E-state index contributed by atoms with van der Waals surface area (Å²) in [6.45, 7) is 14.4. The molecule has 2 aromatic carbocycles. The van der Waals surface area contributed by atoms with Crippen LogP contribution >= 0.6 is 11.3 Å². The molecule has 0 spiro atoms. The topological polar surface area (TPSA) is 85.8 Å². The van der Waals surface area contributed by atoms with Crippen LogP contribution < -0.4 is 10.2 Å². The van der Waals surface area contributed by atoms with Crippen LogP contribution in [0.15, 0.2) is 41.3 Å². The molecule has 1 N–H and O–H groups in total. The van der Waals surface area contributed by atoms with Gasteiger partial charge < -0.3 is 10.2 Å². The van der Waals surface area contributed by atoms with Gasteiger partial charge in [-0.3, -0.25) is 9.69 Å². The third-order valence-electron chi connectivity index (χ3n) is 7.45. The van der Waals surface area contributed by atoms with Gasteiger partial charge in [-0.05, 0) is 68.1 Å². The van der Waals surface area contributed by atoms with Gasteiger partial charge in [0, 0.05) is 57.9 Å². The van der Waals surface area contributed by atoms with Crippen molar-refractivity contribution in [3.05, 3.63) is 53.1 Å².